The predicted molar refractivity (Wildman–Crippen MR) is 76.9 cm³/mol. The monoisotopic (exact) mass is 284 g/mol. The SMILES string of the molecule is CC(C)C1CCC(O)(Cc2ccc(F)cc2Cl)CC1. The maximum atomic E-state index is 13.0. The first kappa shape index (κ1) is 14.8. The molecule has 0 bridgehead atoms. The van der Waals surface area contributed by atoms with Crippen LogP contribution in [0.3, 0.4) is 0 Å². The van der Waals surface area contributed by atoms with Crippen LogP contribution in [-0.4, -0.2) is 10.7 Å². The fourth-order valence-corrected chi connectivity index (χ4v) is 3.27. The molecular weight excluding hydrogens is 263 g/mol. The summed E-state index contributed by atoms with van der Waals surface area (Å²) in [5.41, 5.74) is 0.168. The largest absolute Gasteiger partial charge is 0.390 e. The molecule has 1 aliphatic rings. The standard InChI is InChI=1S/C16H22ClFO/c1-11(2)12-5-7-16(19,8-6-12)10-13-3-4-14(18)9-15(13)17/h3-4,9,11-12,19H,5-8,10H2,1-2H3. The molecule has 19 heavy (non-hydrogen) atoms. The molecule has 0 atom stereocenters. The van der Waals surface area contributed by atoms with E-state index in [0.717, 1.165) is 31.2 Å². The van der Waals surface area contributed by atoms with Gasteiger partial charge in [-0.1, -0.05) is 31.5 Å². The van der Waals surface area contributed by atoms with E-state index in [1.54, 1.807) is 6.07 Å². The van der Waals surface area contributed by atoms with Crippen molar-refractivity contribution < 1.29 is 9.50 Å². The summed E-state index contributed by atoms with van der Waals surface area (Å²) in [7, 11) is 0. The molecule has 1 fully saturated rings. The van der Waals surface area contributed by atoms with Gasteiger partial charge in [0.25, 0.3) is 0 Å². The summed E-state index contributed by atoms with van der Waals surface area (Å²) in [6.07, 6.45) is 4.27. The van der Waals surface area contributed by atoms with Crippen LogP contribution in [0.4, 0.5) is 4.39 Å². The number of halogens is 2. The first-order valence-corrected chi connectivity index (χ1v) is 7.44. The minimum absolute atomic E-state index is 0.329. The molecule has 0 aliphatic heterocycles. The molecule has 0 aromatic heterocycles. The van der Waals surface area contributed by atoms with Gasteiger partial charge in [0.15, 0.2) is 0 Å². The molecule has 1 nitrogen and oxygen atoms in total. The summed E-state index contributed by atoms with van der Waals surface area (Å²) in [6.45, 7) is 4.48. The maximum absolute atomic E-state index is 13.0. The minimum atomic E-state index is -0.674. The molecule has 0 unspecified atom stereocenters. The maximum Gasteiger partial charge on any atom is 0.124 e. The van der Waals surface area contributed by atoms with Gasteiger partial charge in [-0.05, 0) is 55.2 Å². The van der Waals surface area contributed by atoms with Crippen molar-refractivity contribution in [3.8, 4) is 0 Å². The van der Waals surface area contributed by atoms with Crippen LogP contribution >= 0.6 is 11.6 Å². The number of hydrogen-bond acceptors (Lipinski definition) is 1. The molecule has 1 N–H and O–H groups in total. The number of aliphatic hydroxyl groups is 1. The second-order valence-electron chi connectivity index (χ2n) is 6.22. The van der Waals surface area contributed by atoms with Gasteiger partial charge in [0.2, 0.25) is 0 Å². The molecule has 0 radical (unpaired) electrons. The Labute approximate surface area is 119 Å². The highest BCUT2D eigenvalue weighted by atomic mass is 35.5. The van der Waals surface area contributed by atoms with E-state index in [9.17, 15) is 9.50 Å². The topological polar surface area (TPSA) is 20.2 Å². The van der Waals surface area contributed by atoms with Crippen LogP contribution in [0.15, 0.2) is 18.2 Å². The number of hydrogen-bond donors (Lipinski definition) is 1. The van der Waals surface area contributed by atoms with Gasteiger partial charge in [-0.15, -0.1) is 0 Å². The molecule has 1 aliphatic carbocycles. The van der Waals surface area contributed by atoms with Crippen LogP contribution in [0.25, 0.3) is 0 Å². The highest BCUT2D eigenvalue weighted by Crippen LogP contribution is 2.38. The number of rotatable bonds is 3. The van der Waals surface area contributed by atoms with E-state index in [-0.39, 0.29) is 5.82 Å². The Morgan fingerprint density at radius 3 is 2.53 bits per heavy atom. The van der Waals surface area contributed by atoms with Crippen LogP contribution in [-0.2, 0) is 6.42 Å². The van der Waals surface area contributed by atoms with E-state index in [2.05, 4.69) is 13.8 Å². The van der Waals surface area contributed by atoms with Crippen LogP contribution < -0.4 is 0 Å². The van der Waals surface area contributed by atoms with Crippen molar-refractivity contribution in [3.05, 3.63) is 34.6 Å². The quantitative estimate of drug-likeness (QED) is 0.860. The average molecular weight is 285 g/mol. The fraction of sp³-hybridized carbons (Fsp3) is 0.625. The van der Waals surface area contributed by atoms with E-state index >= 15 is 0 Å². The zero-order valence-corrected chi connectivity index (χ0v) is 12.4. The van der Waals surface area contributed by atoms with Crippen molar-refractivity contribution in [2.24, 2.45) is 11.8 Å². The highest BCUT2D eigenvalue weighted by Gasteiger charge is 2.34. The highest BCUT2D eigenvalue weighted by molar-refractivity contribution is 6.31. The molecule has 0 saturated heterocycles. The van der Waals surface area contributed by atoms with Crippen molar-refractivity contribution in [1.82, 2.24) is 0 Å². The van der Waals surface area contributed by atoms with Crippen LogP contribution in [0.2, 0.25) is 5.02 Å². The Bertz CT molecular complexity index is 436. The lowest BCUT2D eigenvalue weighted by atomic mass is 9.72. The lowest BCUT2D eigenvalue weighted by molar-refractivity contribution is -0.0146. The molecule has 1 saturated carbocycles. The van der Waals surface area contributed by atoms with E-state index in [0.29, 0.717) is 23.3 Å². The Hall–Kier alpha value is -0.600. The second kappa shape index (κ2) is 5.80. The molecule has 0 spiro atoms. The first-order chi connectivity index (χ1) is 8.89. The van der Waals surface area contributed by atoms with Gasteiger partial charge in [-0.2, -0.15) is 0 Å². The summed E-state index contributed by atoms with van der Waals surface area (Å²) < 4.78 is 13.0. The smallest absolute Gasteiger partial charge is 0.124 e. The zero-order chi connectivity index (χ0) is 14.0. The Kier molecular flexibility index (Phi) is 4.52. The van der Waals surface area contributed by atoms with E-state index in [4.69, 9.17) is 11.6 Å². The van der Waals surface area contributed by atoms with Gasteiger partial charge in [-0.3, -0.25) is 0 Å². The molecular formula is C16H22ClFO. The number of benzene rings is 1. The van der Waals surface area contributed by atoms with Gasteiger partial charge in [0.1, 0.15) is 5.82 Å². The van der Waals surface area contributed by atoms with E-state index in [1.807, 2.05) is 0 Å². The molecule has 2 rings (SSSR count). The van der Waals surface area contributed by atoms with E-state index in [1.165, 1.54) is 12.1 Å². The third kappa shape index (κ3) is 3.70. The fourth-order valence-electron chi connectivity index (χ4n) is 3.04. The Morgan fingerprint density at radius 2 is 2.00 bits per heavy atom. The zero-order valence-electron chi connectivity index (χ0n) is 11.6. The lowest BCUT2D eigenvalue weighted by Gasteiger charge is -2.37. The summed E-state index contributed by atoms with van der Waals surface area (Å²) in [6, 6.07) is 4.41. The molecule has 0 amide bonds. The summed E-state index contributed by atoms with van der Waals surface area (Å²) in [5, 5.41) is 11.1. The molecule has 106 valence electrons. The van der Waals surface area contributed by atoms with Crippen molar-refractivity contribution in [3.63, 3.8) is 0 Å². The van der Waals surface area contributed by atoms with Gasteiger partial charge in [0.05, 0.1) is 5.60 Å². The van der Waals surface area contributed by atoms with Crippen molar-refractivity contribution in [2.45, 2.75) is 51.6 Å². The molecule has 1 aromatic carbocycles. The van der Waals surface area contributed by atoms with Crippen molar-refractivity contribution in [2.75, 3.05) is 0 Å². The Morgan fingerprint density at radius 1 is 1.37 bits per heavy atom. The van der Waals surface area contributed by atoms with Crippen molar-refractivity contribution >= 4 is 11.6 Å². The summed E-state index contributed by atoms with van der Waals surface area (Å²) >= 11 is 6.04. The summed E-state index contributed by atoms with van der Waals surface area (Å²) in [5.74, 6) is 1.06. The van der Waals surface area contributed by atoms with E-state index < -0.39 is 5.60 Å². The van der Waals surface area contributed by atoms with Gasteiger partial charge >= 0.3 is 0 Å². The van der Waals surface area contributed by atoms with Gasteiger partial charge < -0.3 is 5.11 Å². The van der Waals surface area contributed by atoms with Gasteiger partial charge in [-0.25, -0.2) is 4.39 Å². The van der Waals surface area contributed by atoms with Gasteiger partial charge in [0, 0.05) is 11.4 Å². The third-order valence-corrected chi connectivity index (χ3v) is 4.79. The third-order valence-electron chi connectivity index (χ3n) is 4.44. The average Bonchev–Trinajstić information content (AvgIpc) is 2.33. The first-order valence-electron chi connectivity index (χ1n) is 7.06. The Balaban J connectivity index is 2.03. The summed E-state index contributed by atoms with van der Waals surface area (Å²) in [4.78, 5) is 0. The normalized spacial score (nSPS) is 27.8. The molecule has 1 aromatic rings. The van der Waals surface area contributed by atoms with Crippen molar-refractivity contribution in [1.29, 1.82) is 0 Å². The lowest BCUT2D eigenvalue weighted by Crippen LogP contribution is -2.37. The van der Waals surface area contributed by atoms with Crippen LogP contribution in [0.1, 0.15) is 45.1 Å². The molecule has 0 heterocycles. The van der Waals surface area contributed by atoms with Crippen LogP contribution in [0.5, 0.6) is 0 Å². The molecule has 3 heteroatoms. The minimum Gasteiger partial charge on any atom is -0.390 e. The predicted octanol–water partition coefficient (Wildman–Crippen LogP) is 4.60. The van der Waals surface area contributed by atoms with Crippen LogP contribution in [0, 0.1) is 17.7 Å². The second-order valence-corrected chi connectivity index (χ2v) is 6.63.